The predicted octanol–water partition coefficient (Wildman–Crippen LogP) is 5.15. The molecule has 0 radical (unpaired) electrons. The summed E-state index contributed by atoms with van der Waals surface area (Å²) in [6.07, 6.45) is 1.54. The fraction of sp³-hybridized carbons (Fsp3) is 0.0417. The zero-order valence-corrected chi connectivity index (χ0v) is 16.4. The van der Waals surface area contributed by atoms with Gasteiger partial charge in [-0.2, -0.15) is 0 Å². The van der Waals surface area contributed by atoms with Crippen LogP contribution in [0.25, 0.3) is 11.3 Å². The number of carbonyl (C=O) groups is 1. The highest BCUT2D eigenvalue weighted by molar-refractivity contribution is 6.04. The first-order valence-electron chi connectivity index (χ1n) is 9.41. The first-order valence-corrected chi connectivity index (χ1v) is 9.41. The van der Waals surface area contributed by atoms with E-state index < -0.39 is 0 Å². The molecule has 30 heavy (non-hydrogen) atoms. The average Bonchev–Trinajstić information content (AvgIpc) is 2.81. The van der Waals surface area contributed by atoms with Gasteiger partial charge in [-0.25, -0.2) is 9.97 Å². The molecule has 4 rings (SSSR count). The second kappa shape index (κ2) is 8.87. The maximum Gasteiger partial charge on any atom is 0.255 e. The number of aromatic nitrogens is 2. The molecule has 4 aromatic rings. The van der Waals surface area contributed by atoms with Gasteiger partial charge in [0.1, 0.15) is 17.9 Å². The summed E-state index contributed by atoms with van der Waals surface area (Å²) in [4.78, 5) is 21.0. The van der Waals surface area contributed by atoms with Crippen LogP contribution in [0, 0.1) is 0 Å². The maximum absolute atomic E-state index is 12.4. The molecule has 0 aliphatic carbocycles. The third-order valence-corrected chi connectivity index (χ3v) is 4.50. The van der Waals surface area contributed by atoms with E-state index >= 15 is 0 Å². The van der Waals surface area contributed by atoms with Gasteiger partial charge >= 0.3 is 0 Å². The van der Waals surface area contributed by atoms with Crippen molar-refractivity contribution in [2.24, 2.45) is 0 Å². The van der Waals surface area contributed by atoms with Crippen LogP contribution in [0.5, 0.6) is 5.75 Å². The molecule has 2 N–H and O–H groups in total. The summed E-state index contributed by atoms with van der Waals surface area (Å²) < 4.78 is 5.11. The number of rotatable bonds is 6. The fourth-order valence-electron chi connectivity index (χ4n) is 2.92. The van der Waals surface area contributed by atoms with E-state index in [1.54, 1.807) is 31.4 Å². The summed E-state index contributed by atoms with van der Waals surface area (Å²) in [7, 11) is 1.59. The Labute approximate surface area is 174 Å². The first kappa shape index (κ1) is 19.1. The number of amides is 1. The van der Waals surface area contributed by atoms with Gasteiger partial charge < -0.3 is 15.4 Å². The van der Waals surface area contributed by atoms with Crippen LogP contribution in [0.3, 0.4) is 0 Å². The lowest BCUT2D eigenvalue weighted by molar-refractivity contribution is 0.102. The Kier molecular flexibility index (Phi) is 5.66. The third-order valence-electron chi connectivity index (χ3n) is 4.50. The quantitative estimate of drug-likeness (QED) is 0.471. The Morgan fingerprint density at radius 1 is 0.833 bits per heavy atom. The van der Waals surface area contributed by atoms with Crippen LogP contribution in [0.1, 0.15) is 10.4 Å². The molecule has 0 aliphatic heterocycles. The number of hydrogen-bond acceptors (Lipinski definition) is 5. The van der Waals surface area contributed by atoms with Crippen molar-refractivity contribution < 1.29 is 9.53 Å². The lowest BCUT2D eigenvalue weighted by atomic mass is 10.1. The van der Waals surface area contributed by atoms with Crippen LogP contribution in [-0.2, 0) is 0 Å². The zero-order chi connectivity index (χ0) is 20.8. The van der Waals surface area contributed by atoms with Crippen LogP contribution in [-0.4, -0.2) is 23.0 Å². The van der Waals surface area contributed by atoms with Crippen LogP contribution >= 0.6 is 0 Å². The van der Waals surface area contributed by atoms with E-state index in [0.717, 1.165) is 16.9 Å². The minimum Gasteiger partial charge on any atom is -0.497 e. The van der Waals surface area contributed by atoms with E-state index in [0.29, 0.717) is 22.8 Å². The number of ether oxygens (including phenoxy) is 1. The SMILES string of the molecule is COc1ccc(C(=O)Nc2ccc(Nc3cc(-c4ccccc4)ncn3)cc2)cc1. The lowest BCUT2D eigenvalue weighted by Gasteiger charge is -2.09. The molecule has 6 nitrogen and oxygen atoms in total. The van der Waals surface area contributed by atoms with E-state index in [-0.39, 0.29) is 5.91 Å². The predicted molar refractivity (Wildman–Crippen MR) is 118 cm³/mol. The third kappa shape index (κ3) is 4.62. The van der Waals surface area contributed by atoms with Crippen molar-refractivity contribution in [2.75, 3.05) is 17.7 Å². The van der Waals surface area contributed by atoms with Crippen molar-refractivity contribution in [3.05, 3.63) is 96.8 Å². The van der Waals surface area contributed by atoms with Gasteiger partial charge in [0.25, 0.3) is 5.91 Å². The summed E-state index contributed by atoms with van der Waals surface area (Å²) in [5, 5.41) is 6.15. The number of hydrogen-bond donors (Lipinski definition) is 2. The van der Waals surface area contributed by atoms with E-state index in [4.69, 9.17) is 4.74 Å². The van der Waals surface area contributed by atoms with Crippen molar-refractivity contribution in [1.82, 2.24) is 9.97 Å². The lowest BCUT2D eigenvalue weighted by Crippen LogP contribution is -2.11. The monoisotopic (exact) mass is 396 g/mol. The number of nitrogens with zero attached hydrogens (tertiary/aromatic N) is 2. The molecule has 0 fully saturated rings. The van der Waals surface area contributed by atoms with E-state index in [9.17, 15) is 4.79 Å². The normalized spacial score (nSPS) is 10.3. The second-order valence-electron chi connectivity index (χ2n) is 6.54. The van der Waals surface area contributed by atoms with Crippen molar-refractivity contribution in [3.63, 3.8) is 0 Å². The van der Waals surface area contributed by atoms with Crippen molar-refractivity contribution in [3.8, 4) is 17.0 Å². The molecule has 148 valence electrons. The smallest absolute Gasteiger partial charge is 0.255 e. The van der Waals surface area contributed by atoms with Crippen LogP contribution < -0.4 is 15.4 Å². The minimum absolute atomic E-state index is 0.179. The van der Waals surface area contributed by atoms with Gasteiger partial charge in [0.2, 0.25) is 0 Å². The average molecular weight is 396 g/mol. The standard InChI is InChI=1S/C24H20N4O2/c1-30-21-13-7-18(8-14-21)24(29)28-20-11-9-19(10-12-20)27-23-15-22(25-16-26-23)17-5-3-2-4-6-17/h2-16H,1H3,(H,28,29)(H,25,26,27). The molecule has 0 aliphatic rings. The number of benzene rings is 3. The van der Waals surface area contributed by atoms with Gasteiger partial charge in [0.15, 0.2) is 0 Å². The first-order chi connectivity index (χ1) is 14.7. The van der Waals surface area contributed by atoms with E-state index in [2.05, 4.69) is 20.6 Å². The molecule has 0 unspecified atom stereocenters. The summed E-state index contributed by atoms with van der Waals surface area (Å²) in [6.45, 7) is 0. The number of carbonyl (C=O) groups excluding carboxylic acids is 1. The molecule has 0 saturated carbocycles. The van der Waals surface area contributed by atoms with Crippen LogP contribution in [0.2, 0.25) is 0 Å². The Morgan fingerprint density at radius 2 is 1.53 bits per heavy atom. The molecule has 0 atom stereocenters. The zero-order valence-electron chi connectivity index (χ0n) is 16.4. The summed E-state index contributed by atoms with van der Waals surface area (Å²) in [5.41, 5.74) is 3.99. The fourth-order valence-corrected chi connectivity index (χ4v) is 2.92. The van der Waals surface area contributed by atoms with Crippen molar-refractivity contribution >= 4 is 23.1 Å². The minimum atomic E-state index is -0.179. The van der Waals surface area contributed by atoms with Crippen LogP contribution in [0.15, 0.2) is 91.3 Å². The highest BCUT2D eigenvalue weighted by atomic mass is 16.5. The molecule has 1 heterocycles. The number of nitrogens with one attached hydrogen (secondary N) is 2. The molecule has 1 amide bonds. The van der Waals surface area contributed by atoms with Gasteiger partial charge in [0, 0.05) is 28.6 Å². The van der Waals surface area contributed by atoms with Gasteiger partial charge in [-0.3, -0.25) is 4.79 Å². The molecule has 6 heteroatoms. The molecular weight excluding hydrogens is 376 g/mol. The van der Waals surface area contributed by atoms with Gasteiger partial charge in [0.05, 0.1) is 12.8 Å². The topological polar surface area (TPSA) is 76.1 Å². The molecule has 0 saturated heterocycles. The van der Waals surface area contributed by atoms with Crippen molar-refractivity contribution in [2.45, 2.75) is 0 Å². The number of methoxy groups -OCH3 is 1. The summed E-state index contributed by atoms with van der Waals surface area (Å²) in [5.74, 6) is 1.22. The highest BCUT2D eigenvalue weighted by Gasteiger charge is 2.07. The van der Waals surface area contributed by atoms with E-state index in [1.807, 2.05) is 60.7 Å². The Balaban J connectivity index is 1.42. The molecule has 1 aromatic heterocycles. The maximum atomic E-state index is 12.4. The largest absolute Gasteiger partial charge is 0.497 e. The van der Waals surface area contributed by atoms with E-state index in [1.165, 1.54) is 6.33 Å². The summed E-state index contributed by atoms with van der Waals surface area (Å²) >= 11 is 0. The van der Waals surface area contributed by atoms with Crippen molar-refractivity contribution in [1.29, 1.82) is 0 Å². The molecule has 0 spiro atoms. The molecular formula is C24H20N4O2. The van der Waals surface area contributed by atoms with Crippen LogP contribution in [0.4, 0.5) is 17.2 Å². The molecule has 0 bridgehead atoms. The Bertz CT molecular complexity index is 1130. The molecule has 3 aromatic carbocycles. The van der Waals surface area contributed by atoms with Gasteiger partial charge in [-0.1, -0.05) is 30.3 Å². The Morgan fingerprint density at radius 3 is 2.23 bits per heavy atom. The second-order valence-corrected chi connectivity index (χ2v) is 6.54. The highest BCUT2D eigenvalue weighted by Crippen LogP contribution is 2.22. The summed E-state index contributed by atoms with van der Waals surface area (Å²) in [6, 6.07) is 26.2. The van der Waals surface area contributed by atoms with Gasteiger partial charge in [-0.05, 0) is 48.5 Å². The Hall–Kier alpha value is -4.19. The van der Waals surface area contributed by atoms with Gasteiger partial charge in [-0.15, -0.1) is 0 Å². The number of anilines is 3.